The average molecular weight is 465 g/mol. The van der Waals surface area contributed by atoms with Crippen molar-refractivity contribution in [3.63, 3.8) is 0 Å². The summed E-state index contributed by atoms with van der Waals surface area (Å²) in [5, 5.41) is 13.5. The van der Waals surface area contributed by atoms with Gasteiger partial charge < -0.3 is 15.2 Å². The van der Waals surface area contributed by atoms with E-state index in [0.29, 0.717) is 29.4 Å². The molecule has 0 spiro atoms. The maximum absolute atomic E-state index is 13.0. The summed E-state index contributed by atoms with van der Waals surface area (Å²) in [6, 6.07) is 14.2. The number of thiophene rings is 1. The summed E-state index contributed by atoms with van der Waals surface area (Å²) in [7, 11) is 0. The maximum Gasteiger partial charge on any atom is 0.255 e. The Kier molecular flexibility index (Phi) is 6.89. The van der Waals surface area contributed by atoms with Crippen LogP contribution in [0.1, 0.15) is 41.2 Å². The first-order valence-corrected chi connectivity index (χ1v) is 11.2. The second-order valence-corrected chi connectivity index (χ2v) is 8.18. The van der Waals surface area contributed by atoms with Crippen molar-refractivity contribution in [2.24, 2.45) is 0 Å². The van der Waals surface area contributed by atoms with Crippen molar-refractivity contribution in [3.8, 4) is 11.4 Å². The third kappa shape index (κ3) is 5.89. The van der Waals surface area contributed by atoms with Gasteiger partial charge in [-0.05, 0) is 60.3 Å². The molecule has 0 fully saturated rings. The van der Waals surface area contributed by atoms with E-state index in [-0.39, 0.29) is 24.3 Å². The Morgan fingerprint density at radius 2 is 1.85 bits per heavy atom. The zero-order chi connectivity index (χ0) is 23.2. The van der Waals surface area contributed by atoms with Crippen LogP contribution in [0.15, 0.2) is 69.9 Å². The van der Waals surface area contributed by atoms with E-state index in [9.17, 15) is 14.0 Å². The molecule has 1 unspecified atom stereocenters. The minimum atomic E-state index is -0.396. The molecule has 0 aliphatic heterocycles. The number of benzene rings is 2. The molecule has 4 rings (SSSR count). The molecule has 0 saturated carbocycles. The molecule has 0 aliphatic rings. The molecule has 2 amide bonds. The number of amides is 2. The first kappa shape index (κ1) is 22.3. The molecule has 4 aromatic rings. The number of aromatic nitrogens is 2. The molecule has 0 bridgehead atoms. The lowest BCUT2D eigenvalue weighted by atomic mass is 10.1. The number of nitrogens with zero attached hydrogens (tertiary/aromatic N) is 2. The van der Waals surface area contributed by atoms with Gasteiger partial charge >= 0.3 is 0 Å². The third-order valence-corrected chi connectivity index (χ3v) is 5.65. The van der Waals surface area contributed by atoms with Crippen molar-refractivity contribution in [1.82, 2.24) is 15.5 Å². The van der Waals surface area contributed by atoms with Crippen molar-refractivity contribution >= 4 is 28.8 Å². The Labute approximate surface area is 193 Å². The number of rotatable bonds is 8. The summed E-state index contributed by atoms with van der Waals surface area (Å²) in [5.41, 5.74) is 2.75. The van der Waals surface area contributed by atoms with Gasteiger partial charge in [0.05, 0.1) is 6.04 Å². The van der Waals surface area contributed by atoms with Gasteiger partial charge in [-0.3, -0.25) is 9.59 Å². The normalized spacial score (nSPS) is 11.7. The highest BCUT2D eigenvalue weighted by Crippen LogP contribution is 2.20. The van der Waals surface area contributed by atoms with E-state index in [1.54, 1.807) is 23.5 Å². The smallest absolute Gasteiger partial charge is 0.255 e. The van der Waals surface area contributed by atoms with E-state index >= 15 is 0 Å². The quantitative estimate of drug-likeness (QED) is 0.383. The van der Waals surface area contributed by atoms with Gasteiger partial charge in [-0.2, -0.15) is 16.3 Å². The van der Waals surface area contributed by atoms with Crippen molar-refractivity contribution < 1.29 is 18.5 Å². The van der Waals surface area contributed by atoms with E-state index in [1.807, 2.05) is 35.9 Å². The van der Waals surface area contributed by atoms with Gasteiger partial charge in [-0.1, -0.05) is 17.3 Å². The molecule has 7 nitrogen and oxygen atoms in total. The third-order valence-electron chi connectivity index (χ3n) is 4.97. The second kappa shape index (κ2) is 10.2. The van der Waals surface area contributed by atoms with Crippen LogP contribution in [-0.2, 0) is 11.2 Å². The molecule has 33 heavy (non-hydrogen) atoms. The Balaban J connectivity index is 1.26. The summed E-state index contributed by atoms with van der Waals surface area (Å²) in [4.78, 5) is 28.9. The predicted octanol–water partition coefficient (Wildman–Crippen LogP) is 5.00. The molecule has 168 valence electrons. The van der Waals surface area contributed by atoms with Crippen LogP contribution in [0, 0.1) is 5.82 Å². The fraction of sp³-hybridized carbons (Fsp3) is 0.167. The highest BCUT2D eigenvalue weighted by Gasteiger charge is 2.14. The Morgan fingerprint density at radius 1 is 1.09 bits per heavy atom. The molecule has 2 heterocycles. The molecule has 0 aliphatic carbocycles. The Morgan fingerprint density at radius 3 is 2.55 bits per heavy atom. The van der Waals surface area contributed by atoms with Crippen LogP contribution < -0.4 is 10.6 Å². The zero-order valence-corrected chi connectivity index (χ0v) is 18.6. The van der Waals surface area contributed by atoms with Gasteiger partial charge in [0.25, 0.3) is 5.91 Å². The van der Waals surface area contributed by atoms with Crippen molar-refractivity contribution in [2.45, 2.75) is 25.8 Å². The standard InChI is InChI=1S/C24H21FN4O3S/c1-15(26-21(30)10-11-22-28-23(29-32-22)18-12-13-33-14-18)16-4-8-20(9-5-16)27-24(31)17-2-6-19(25)7-3-17/h2-9,12-15H,10-11H2,1H3,(H,26,30)(H,27,31). The molecular weight excluding hydrogens is 443 g/mol. The summed E-state index contributed by atoms with van der Waals surface area (Å²) in [5.74, 6) is 0.0813. The van der Waals surface area contributed by atoms with Crippen LogP contribution in [0.25, 0.3) is 11.4 Å². The van der Waals surface area contributed by atoms with Gasteiger partial charge in [0.15, 0.2) is 0 Å². The fourth-order valence-electron chi connectivity index (χ4n) is 3.14. The van der Waals surface area contributed by atoms with Crippen LogP contribution in [0.3, 0.4) is 0 Å². The topological polar surface area (TPSA) is 97.1 Å². The van der Waals surface area contributed by atoms with E-state index in [1.165, 1.54) is 24.3 Å². The SMILES string of the molecule is CC(NC(=O)CCc1nc(-c2ccsc2)no1)c1ccc(NC(=O)c2ccc(F)cc2)cc1. The highest BCUT2D eigenvalue weighted by molar-refractivity contribution is 7.08. The number of nitrogens with one attached hydrogen (secondary N) is 2. The highest BCUT2D eigenvalue weighted by atomic mass is 32.1. The predicted molar refractivity (Wildman–Crippen MR) is 123 cm³/mol. The lowest BCUT2D eigenvalue weighted by molar-refractivity contribution is -0.121. The number of carbonyl (C=O) groups excluding carboxylic acids is 2. The lowest BCUT2D eigenvalue weighted by Gasteiger charge is -2.15. The van der Waals surface area contributed by atoms with Crippen LogP contribution in [0.5, 0.6) is 0 Å². The van der Waals surface area contributed by atoms with E-state index < -0.39 is 5.82 Å². The lowest BCUT2D eigenvalue weighted by Crippen LogP contribution is -2.26. The Bertz CT molecular complexity index is 1220. The molecule has 2 aromatic carbocycles. The van der Waals surface area contributed by atoms with E-state index in [0.717, 1.165) is 11.1 Å². The minimum Gasteiger partial charge on any atom is -0.350 e. The molecule has 1 atom stereocenters. The van der Waals surface area contributed by atoms with Crippen LogP contribution in [0.2, 0.25) is 0 Å². The second-order valence-electron chi connectivity index (χ2n) is 7.40. The van der Waals surface area contributed by atoms with Crippen LogP contribution in [0.4, 0.5) is 10.1 Å². The number of aryl methyl sites for hydroxylation is 1. The summed E-state index contributed by atoms with van der Waals surface area (Å²) >= 11 is 1.55. The molecule has 2 N–H and O–H groups in total. The van der Waals surface area contributed by atoms with Gasteiger partial charge in [0.1, 0.15) is 5.82 Å². The summed E-state index contributed by atoms with van der Waals surface area (Å²) < 4.78 is 18.2. The molecule has 0 radical (unpaired) electrons. The minimum absolute atomic E-state index is 0.133. The van der Waals surface area contributed by atoms with Crippen LogP contribution in [-0.4, -0.2) is 22.0 Å². The van der Waals surface area contributed by atoms with Crippen molar-refractivity contribution in [1.29, 1.82) is 0 Å². The first-order valence-electron chi connectivity index (χ1n) is 10.3. The first-order chi connectivity index (χ1) is 16.0. The summed E-state index contributed by atoms with van der Waals surface area (Å²) in [6.07, 6.45) is 0.575. The zero-order valence-electron chi connectivity index (χ0n) is 17.7. The monoisotopic (exact) mass is 464 g/mol. The average Bonchev–Trinajstić information content (AvgIpc) is 3.51. The molecular formula is C24H21FN4O3S. The molecule has 9 heteroatoms. The number of anilines is 1. The van der Waals surface area contributed by atoms with Crippen molar-refractivity contribution in [3.05, 3.63) is 88.2 Å². The number of hydrogen-bond acceptors (Lipinski definition) is 6. The number of carbonyl (C=O) groups is 2. The van der Waals surface area contributed by atoms with E-state index in [2.05, 4.69) is 20.8 Å². The maximum atomic E-state index is 13.0. The number of hydrogen-bond donors (Lipinski definition) is 2. The van der Waals surface area contributed by atoms with Crippen LogP contribution >= 0.6 is 11.3 Å². The van der Waals surface area contributed by atoms with Crippen molar-refractivity contribution in [2.75, 3.05) is 5.32 Å². The van der Waals surface area contributed by atoms with Gasteiger partial charge in [0.2, 0.25) is 17.6 Å². The van der Waals surface area contributed by atoms with E-state index in [4.69, 9.17) is 4.52 Å². The largest absolute Gasteiger partial charge is 0.350 e. The Hall–Kier alpha value is -3.85. The van der Waals surface area contributed by atoms with Gasteiger partial charge in [-0.25, -0.2) is 4.39 Å². The fourth-order valence-corrected chi connectivity index (χ4v) is 3.78. The molecule has 0 saturated heterocycles. The molecule has 2 aromatic heterocycles. The number of halogens is 1. The summed E-state index contributed by atoms with van der Waals surface area (Å²) in [6.45, 7) is 1.88. The van der Waals surface area contributed by atoms with Gasteiger partial charge in [-0.15, -0.1) is 0 Å². The van der Waals surface area contributed by atoms with Gasteiger partial charge in [0, 0.05) is 35.0 Å².